The molecule has 0 aliphatic rings. The first-order valence-corrected chi connectivity index (χ1v) is 5.23. The van der Waals surface area contributed by atoms with Crippen molar-refractivity contribution < 1.29 is 9.53 Å². The van der Waals surface area contributed by atoms with E-state index >= 15 is 0 Å². The SMILES string of the molecule is Cc1cccc2nc(N)n(CCOC(N)=O)c12. The van der Waals surface area contributed by atoms with Crippen LogP contribution in [0.25, 0.3) is 11.0 Å². The van der Waals surface area contributed by atoms with Crippen LogP contribution in [-0.2, 0) is 11.3 Å². The quantitative estimate of drug-likeness (QED) is 0.828. The minimum atomic E-state index is -0.787. The summed E-state index contributed by atoms with van der Waals surface area (Å²) < 4.78 is 6.51. The molecule has 0 aliphatic heterocycles. The van der Waals surface area contributed by atoms with E-state index in [1.807, 2.05) is 29.7 Å². The van der Waals surface area contributed by atoms with Gasteiger partial charge in [0.1, 0.15) is 6.61 Å². The highest BCUT2D eigenvalue weighted by molar-refractivity contribution is 5.81. The molecule has 17 heavy (non-hydrogen) atoms. The minimum Gasteiger partial charge on any atom is -0.448 e. The fraction of sp³-hybridized carbons (Fsp3) is 0.273. The van der Waals surface area contributed by atoms with Gasteiger partial charge in [0.2, 0.25) is 5.95 Å². The molecule has 1 heterocycles. The number of fused-ring (bicyclic) bond motifs is 1. The van der Waals surface area contributed by atoms with Gasteiger partial charge in [0.15, 0.2) is 0 Å². The second kappa shape index (κ2) is 4.32. The molecule has 0 fully saturated rings. The number of hydrogen-bond donors (Lipinski definition) is 2. The van der Waals surface area contributed by atoms with Crippen LogP contribution in [-0.4, -0.2) is 22.3 Å². The molecular formula is C11H14N4O2. The van der Waals surface area contributed by atoms with Gasteiger partial charge in [-0.2, -0.15) is 0 Å². The molecule has 0 saturated heterocycles. The maximum atomic E-state index is 10.5. The standard InChI is InChI=1S/C11H14N4O2/c1-7-3-2-4-8-9(7)15(10(12)14-8)5-6-17-11(13)16/h2-4H,5-6H2,1H3,(H2,12,14)(H2,13,16). The largest absolute Gasteiger partial charge is 0.448 e. The molecule has 0 saturated carbocycles. The molecule has 1 amide bonds. The van der Waals surface area contributed by atoms with Crippen LogP contribution >= 0.6 is 0 Å². The maximum Gasteiger partial charge on any atom is 0.404 e. The lowest BCUT2D eigenvalue weighted by Crippen LogP contribution is -2.17. The first-order chi connectivity index (χ1) is 8.09. The molecule has 6 heteroatoms. The summed E-state index contributed by atoms with van der Waals surface area (Å²) in [6.07, 6.45) is -0.787. The zero-order chi connectivity index (χ0) is 12.4. The number of imidazole rings is 1. The third kappa shape index (κ3) is 2.15. The Bertz CT molecular complexity index is 562. The van der Waals surface area contributed by atoms with Crippen molar-refractivity contribution in [2.75, 3.05) is 12.3 Å². The Morgan fingerprint density at radius 1 is 1.53 bits per heavy atom. The molecule has 4 N–H and O–H groups in total. The number of para-hydroxylation sites is 1. The first-order valence-electron chi connectivity index (χ1n) is 5.23. The Labute approximate surface area is 98.2 Å². The molecule has 1 aromatic heterocycles. The maximum absolute atomic E-state index is 10.5. The summed E-state index contributed by atoms with van der Waals surface area (Å²) in [6, 6.07) is 5.80. The number of aryl methyl sites for hydroxylation is 1. The summed E-state index contributed by atoms with van der Waals surface area (Å²) in [5.41, 5.74) is 13.6. The van der Waals surface area contributed by atoms with Crippen LogP contribution in [0, 0.1) is 6.92 Å². The predicted octanol–water partition coefficient (Wildman–Crippen LogP) is 1.02. The number of nitrogen functional groups attached to an aromatic ring is 1. The molecule has 2 aromatic rings. The monoisotopic (exact) mass is 234 g/mol. The molecule has 0 radical (unpaired) electrons. The topological polar surface area (TPSA) is 96.2 Å². The molecule has 0 aliphatic carbocycles. The molecular weight excluding hydrogens is 220 g/mol. The van der Waals surface area contributed by atoms with Crippen LogP contribution in [0.15, 0.2) is 18.2 Å². The number of rotatable bonds is 3. The van der Waals surface area contributed by atoms with Crippen molar-refractivity contribution in [2.45, 2.75) is 13.5 Å². The number of nitrogens with zero attached hydrogens (tertiary/aromatic N) is 2. The zero-order valence-electron chi connectivity index (χ0n) is 9.51. The van der Waals surface area contributed by atoms with Gasteiger partial charge < -0.3 is 20.8 Å². The number of anilines is 1. The number of nitrogens with two attached hydrogens (primary N) is 2. The number of primary amides is 1. The fourth-order valence-corrected chi connectivity index (χ4v) is 1.85. The number of aromatic nitrogens is 2. The van der Waals surface area contributed by atoms with Gasteiger partial charge in [-0.05, 0) is 18.6 Å². The van der Waals surface area contributed by atoms with Crippen molar-refractivity contribution in [2.24, 2.45) is 5.73 Å². The highest BCUT2D eigenvalue weighted by atomic mass is 16.5. The Balaban J connectivity index is 2.32. The van der Waals surface area contributed by atoms with E-state index in [0.717, 1.165) is 16.6 Å². The number of carbonyl (C=O) groups excluding carboxylic acids is 1. The highest BCUT2D eigenvalue weighted by Crippen LogP contribution is 2.20. The van der Waals surface area contributed by atoms with E-state index in [-0.39, 0.29) is 6.61 Å². The molecule has 0 unspecified atom stereocenters. The summed E-state index contributed by atoms with van der Waals surface area (Å²) >= 11 is 0. The average molecular weight is 234 g/mol. The summed E-state index contributed by atoms with van der Waals surface area (Å²) in [4.78, 5) is 14.7. The predicted molar refractivity (Wildman–Crippen MR) is 64.4 cm³/mol. The lowest BCUT2D eigenvalue weighted by Gasteiger charge is -2.07. The minimum absolute atomic E-state index is 0.180. The number of carbonyl (C=O) groups is 1. The van der Waals surface area contributed by atoms with Gasteiger partial charge in [-0.25, -0.2) is 9.78 Å². The third-order valence-corrected chi connectivity index (χ3v) is 2.56. The number of amides is 1. The zero-order valence-corrected chi connectivity index (χ0v) is 9.51. The van der Waals surface area contributed by atoms with Gasteiger partial charge in [-0.1, -0.05) is 12.1 Å². The smallest absolute Gasteiger partial charge is 0.404 e. The van der Waals surface area contributed by atoms with Crippen LogP contribution in [0.4, 0.5) is 10.7 Å². The molecule has 0 spiro atoms. The van der Waals surface area contributed by atoms with Crippen molar-refractivity contribution >= 4 is 23.1 Å². The summed E-state index contributed by atoms with van der Waals surface area (Å²) in [6.45, 7) is 2.60. The van der Waals surface area contributed by atoms with Crippen LogP contribution in [0.1, 0.15) is 5.56 Å². The molecule has 1 aromatic carbocycles. The van der Waals surface area contributed by atoms with Crippen molar-refractivity contribution in [3.05, 3.63) is 23.8 Å². The van der Waals surface area contributed by atoms with Crippen LogP contribution in [0.5, 0.6) is 0 Å². The second-order valence-electron chi connectivity index (χ2n) is 3.73. The van der Waals surface area contributed by atoms with E-state index in [4.69, 9.17) is 16.2 Å². The van der Waals surface area contributed by atoms with Crippen LogP contribution in [0.3, 0.4) is 0 Å². The molecule has 90 valence electrons. The van der Waals surface area contributed by atoms with Gasteiger partial charge in [0.25, 0.3) is 0 Å². The van der Waals surface area contributed by atoms with E-state index in [1.165, 1.54) is 0 Å². The summed E-state index contributed by atoms with van der Waals surface area (Å²) in [7, 11) is 0. The Kier molecular flexibility index (Phi) is 2.86. The van der Waals surface area contributed by atoms with Gasteiger partial charge in [-0.15, -0.1) is 0 Å². The second-order valence-corrected chi connectivity index (χ2v) is 3.73. The van der Waals surface area contributed by atoms with Gasteiger partial charge in [-0.3, -0.25) is 0 Å². The van der Waals surface area contributed by atoms with Crippen molar-refractivity contribution in [1.82, 2.24) is 9.55 Å². The Hall–Kier alpha value is -2.24. The van der Waals surface area contributed by atoms with Gasteiger partial charge >= 0.3 is 6.09 Å². The van der Waals surface area contributed by atoms with Crippen LogP contribution in [0.2, 0.25) is 0 Å². The van der Waals surface area contributed by atoms with E-state index in [1.54, 1.807) is 0 Å². The highest BCUT2D eigenvalue weighted by Gasteiger charge is 2.09. The normalized spacial score (nSPS) is 10.6. The van der Waals surface area contributed by atoms with E-state index in [2.05, 4.69) is 4.98 Å². The van der Waals surface area contributed by atoms with Crippen molar-refractivity contribution in [1.29, 1.82) is 0 Å². The molecule has 6 nitrogen and oxygen atoms in total. The van der Waals surface area contributed by atoms with Crippen LogP contribution < -0.4 is 11.5 Å². The van der Waals surface area contributed by atoms with Crippen molar-refractivity contribution in [3.8, 4) is 0 Å². The Morgan fingerprint density at radius 3 is 3.00 bits per heavy atom. The number of hydrogen-bond acceptors (Lipinski definition) is 4. The fourth-order valence-electron chi connectivity index (χ4n) is 1.85. The number of benzene rings is 1. The number of ether oxygens (including phenoxy) is 1. The third-order valence-electron chi connectivity index (χ3n) is 2.56. The summed E-state index contributed by atoms with van der Waals surface area (Å²) in [5, 5.41) is 0. The lowest BCUT2D eigenvalue weighted by atomic mass is 10.2. The summed E-state index contributed by atoms with van der Waals surface area (Å²) in [5.74, 6) is 0.405. The van der Waals surface area contributed by atoms with E-state index < -0.39 is 6.09 Å². The average Bonchev–Trinajstić information content (AvgIpc) is 2.56. The van der Waals surface area contributed by atoms with Crippen molar-refractivity contribution in [3.63, 3.8) is 0 Å². The lowest BCUT2D eigenvalue weighted by molar-refractivity contribution is 0.153. The molecule has 0 atom stereocenters. The Morgan fingerprint density at radius 2 is 2.29 bits per heavy atom. The first kappa shape index (κ1) is 11.3. The van der Waals surface area contributed by atoms with E-state index in [9.17, 15) is 4.79 Å². The van der Waals surface area contributed by atoms with Gasteiger partial charge in [0.05, 0.1) is 17.6 Å². The van der Waals surface area contributed by atoms with Gasteiger partial charge in [0, 0.05) is 0 Å². The molecule has 0 bridgehead atoms. The molecule has 2 rings (SSSR count). The van der Waals surface area contributed by atoms with E-state index in [0.29, 0.717) is 12.5 Å².